The third-order valence-electron chi connectivity index (χ3n) is 2.52. The first-order chi connectivity index (χ1) is 9.38. The van der Waals surface area contributed by atoms with Gasteiger partial charge in [0.2, 0.25) is 5.88 Å². The number of aromatic nitrogens is 1. The van der Waals surface area contributed by atoms with Crippen LogP contribution in [-0.2, 0) is 6.54 Å². The average molecular weight is 258 g/mol. The zero-order valence-electron chi connectivity index (χ0n) is 11.0. The fourth-order valence-corrected chi connectivity index (χ4v) is 1.63. The maximum atomic E-state index is 5.53. The maximum Gasteiger partial charge on any atom is 0.213 e. The zero-order chi connectivity index (χ0) is 13.3. The van der Waals surface area contributed by atoms with E-state index in [2.05, 4.69) is 10.3 Å². The van der Waals surface area contributed by atoms with Crippen LogP contribution in [0.3, 0.4) is 0 Å². The Hall–Kier alpha value is -2.07. The van der Waals surface area contributed by atoms with Crippen molar-refractivity contribution in [3.63, 3.8) is 0 Å². The molecule has 1 aromatic heterocycles. The number of rotatable bonds is 7. The lowest BCUT2D eigenvalue weighted by atomic mass is 10.3. The molecule has 0 saturated carbocycles. The second-order valence-corrected chi connectivity index (χ2v) is 4.04. The molecule has 0 bridgehead atoms. The van der Waals surface area contributed by atoms with E-state index in [-0.39, 0.29) is 0 Å². The summed E-state index contributed by atoms with van der Waals surface area (Å²) in [5.41, 5.74) is 1.13. The van der Waals surface area contributed by atoms with Gasteiger partial charge in [-0.1, -0.05) is 24.3 Å². The van der Waals surface area contributed by atoms with Gasteiger partial charge in [0.05, 0.1) is 0 Å². The summed E-state index contributed by atoms with van der Waals surface area (Å²) in [5.74, 6) is 1.47. The van der Waals surface area contributed by atoms with Gasteiger partial charge in [0, 0.05) is 18.8 Å². The van der Waals surface area contributed by atoms with Gasteiger partial charge < -0.3 is 14.8 Å². The number of hydrogen-bond donors (Lipinski definition) is 1. The highest BCUT2D eigenvalue weighted by molar-refractivity contribution is 5.21. The van der Waals surface area contributed by atoms with E-state index in [4.69, 9.17) is 9.47 Å². The number of pyridine rings is 1. The van der Waals surface area contributed by atoms with Gasteiger partial charge in [-0.2, -0.15) is 0 Å². The molecule has 0 aliphatic heterocycles. The van der Waals surface area contributed by atoms with E-state index in [1.165, 1.54) is 0 Å². The second-order valence-electron chi connectivity index (χ2n) is 4.04. The molecule has 4 nitrogen and oxygen atoms in total. The Labute approximate surface area is 113 Å². The van der Waals surface area contributed by atoms with Gasteiger partial charge >= 0.3 is 0 Å². The summed E-state index contributed by atoms with van der Waals surface area (Å²) in [6.07, 6.45) is 1.81. The molecule has 0 radical (unpaired) electrons. The van der Waals surface area contributed by atoms with E-state index in [0.717, 1.165) is 17.9 Å². The molecule has 100 valence electrons. The fourth-order valence-electron chi connectivity index (χ4n) is 1.63. The number of nitrogens with zero attached hydrogens (tertiary/aromatic N) is 1. The van der Waals surface area contributed by atoms with Crippen molar-refractivity contribution < 1.29 is 9.47 Å². The first-order valence-electron chi connectivity index (χ1n) is 6.28. The minimum Gasteiger partial charge on any atom is -0.490 e. The molecule has 0 spiro atoms. The van der Waals surface area contributed by atoms with Gasteiger partial charge in [-0.25, -0.2) is 4.98 Å². The molecule has 0 amide bonds. The van der Waals surface area contributed by atoms with Crippen LogP contribution in [0.25, 0.3) is 0 Å². The predicted octanol–water partition coefficient (Wildman–Crippen LogP) is 2.26. The second kappa shape index (κ2) is 7.38. The smallest absolute Gasteiger partial charge is 0.213 e. The highest BCUT2D eigenvalue weighted by atomic mass is 16.5. The SMILES string of the molecule is CNCc1ccc(OCCOc2ccccc2)nc1. The summed E-state index contributed by atoms with van der Waals surface area (Å²) in [7, 11) is 1.91. The van der Waals surface area contributed by atoms with E-state index < -0.39 is 0 Å². The Kier molecular flexibility index (Phi) is 5.19. The van der Waals surface area contributed by atoms with Gasteiger partial charge in [0.25, 0.3) is 0 Å². The third-order valence-corrected chi connectivity index (χ3v) is 2.52. The van der Waals surface area contributed by atoms with Crippen LogP contribution in [0.5, 0.6) is 11.6 Å². The molecule has 0 saturated heterocycles. The highest BCUT2D eigenvalue weighted by Crippen LogP contribution is 2.09. The topological polar surface area (TPSA) is 43.4 Å². The van der Waals surface area contributed by atoms with Gasteiger partial charge in [-0.05, 0) is 24.7 Å². The van der Waals surface area contributed by atoms with E-state index >= 15 is 0 Å². The molecule has 1 aromatic carbocycles. The Bertz CT molecular complexity index is 471. The van der Waals surface area contributed by atoms with Gasteiger partial charge in [-0.3, -0.25) is 0 Å². The fraction of sp³-hybridized carbons (Fsp3) is 0.267. The van der Waals surface area contributed by atoms with E-state index in [1.54, 1.807) is 0 Å². The van der Waals surface area contributed by atoms with Crippen LogP contribution in [0.4, 0.5) is 0 Å². The molecule has 2 rings (SSSR count). The molecule has 4 heteroatoms. The number of hydrogen-bond acceptors (Lipinski definition) is 4. The van der Waals surface area contributed by atoms with Crippen LogP contribution in [-0.4, -0.2) is 25.2 Å². The summed E-state index contributed by atoms with van der Waals surface area (Å²) >= 11 is 0. The normalized spacial score (nSPS) is 10.2. The number of ether oxygens (including phenoxy) is 2. The average Bonchev–Trinajstić information content (AvgIpc) is 2.47. The highest BCUT2D eigenvalue weighted by Gasteiger charge is 1.97. The van der Waals surface area contributed by atoms with Crippen molar-refractivity contribution in [2.24, 2.45) is 0 Å². The summed E-state index contributed by atoms with van der Waals surface area (Å²) in [6.45, 7) is 1.79. The number of nitrogens with one attached hydrogen (secondary N) is 1. The minimum absolute atomic E-state index is 0.479. The minimum atomic E-state index is 0.479. The van der Waals surface area contributed by atoms with Crippen molar-refractivity contribution in [2.45, 2.75) is 6.54 Å². The molecule has 2 aromatic rings. The summed E-state index contributed by atoms with van der Waals surface area (Å²) in [5, 5.41) is 3.07. The maximum absolute atomic E-state index is 5.53. The van der Waals surface area contributed by atoms with Gasteiger partial charge in [0.15, 0.2) is 0 Å². The van der Waals surface area contributed by atoms with Crippen molar-refractivity contribution >= 4 is 0 Å². The molecule has 19 heavy (non-hydrogen) atoms. The van der Waals surface area contributed by atoms with Crippen LogP contribution < -0.4 is 14.8 Å². The van der Waals surface area contributed by atoms with E-state index in [0.29, 0.717) is 19.1 Å². The first-order valence-corrected chi connectivity index (χ1v) is 6.28. The summed E-state index contributed by atoms with van der Waals surface area (Å²) < 4.78 is 11.0. The van der Waals surface area contributed by atoms with Gasteiger partial charge in [0.1, 0.15) is 19.0 Å². The van der Waals surface area contributed by atoms with E-state index in [1.807, 2.05) is 55.7 Å². The zero-order valence-corrected chi connectivity index (χ0v) is 11.0. The predicted molar refractivity (Wildman–Crippen MR) is 74.4 cm³/mol. The number of benzene rings is 1. The van der Waals surface area contributed by atoms with Crippen LogP contribution in [0.2, 0.25) is 0 Å². The largest absolute Gasteiger partial charge is 0.490 e. The van der Waals surface area contributed by atoms with Crippen molar-refractivity contribution in [3.05, 3.63) is 54.2 Å². The molecule has 0 aliphatic carbocycles. The van der Waals surface area contributed by atoms with Crippen molar-refractivity contribution in [1.29, 1.82) is 0 Å². The summed E-state index contributed by atoms with van der Waals surface area (Å²) in [4.78, 5) is 4.22. The van der Waals surface area contributed by atoms with Crippen molar-refractivity contribution in [2.75, 3.05) is 20.3 Å². The third kappa shape index (κ3) is 4.60. The van der Waals surface area contributed by atoms with Crippen LogP contribution in [0.1, 0.15) is 5.56 Å². The molecule has 1 N–H and O–H groups in total. The molecule has 0 fully saturated rings. The Morgan fingerprint density at radius 1 is 1.00 bits per heavy atom. The van der Waals surface area contributed by atoms with Crippen LogP contribution in [0, 0.1) is 0 Å². The number of para-hydroxylation sites is 1. The lowest BCUT2D eigenvalue weighted by Gasteiger charge is -2.08. The standard InChI is InChI=1S/C15H18N2O2/c1-16-11-13-7-8-15(17-12-13)19-10-9-18-14-5-3-2-4-6-14/h2-8,12,16H,9-11H2,1H3. The Morgan fingerprint density at radius 3 is 2.47 bits per heavy atom. The lowest BCUT2D eigenvalue weighted by molar-refractivity contribution is 0.212. The Balaban J connectivity index is 1.70. The van der Waals surface area contributed by atoms with Crippen LogP contribution in [0.15, 0.2) is 48.7 Å². The summed E-state index contributed by atoms with van der Waals surface area (Å²) in [6, 6.07) is 13.6. The van der Waals surface area contributed by atoms with Crippen molar-refractivity contribution in [1.82, 2.24) is 10.3 Å². The monoisotopic (exact) mass is 258 g/mol. The molecular weight excluding hydrogens is 240 g/mol. The first kappa shape index (κ1) is 13.4. The molecule has 0 aliphatic rings. The van der Waals surface area contributed by atoms with Crippen molar-refractivity contribution in [3.8, 4) is 11.6 Å². The van der Waals surface area contributed by atoms with Crippen LogP contribution >= 0.6 is 0 Å². The molecule has 0 atom stereocenters. The molecule has 0 unspecified atom stereocenters. The van der Waals surface area contributed by atoms with Gasteiger partial charge in [-0.15, -0.1) is 0 Å². The Morgan fingerprint density at radius 2 is 1.79 bits per heavy atom. The molecule has 1 heterocycles. The lowest BCUT2D eigenvalue weighted by Crippen LogP contribution is -2.10. The molecular formula is C15H18N2O2. The quantitative estimate of drug-likeness (QED) is 0.774. The van der Waals surface area contributed by atoms with E-state index in [9.17, 15) is 0 Å².